The molecular weight excluding hydrogens is 246 g/mol. The molecule has 0 fully saturated rings. The van der Waals surface area contributed by atoms with Crippen LogP contribution in [-0.4, -0.2) is 12.4 Å². The van der Waals surface area contributed by atoms with E-state index in [9.17, 15) is 8.42 Å². The van der Waals surface area contributed by atoms with Crippen molar-refractivity contribution < 1.29 is 8.42 Å². The minimum absolute atomic E-state index is 0.332. The van der Waals surface area contributed by atoms with Gasteiger partial charge in [-0.05, 0) is 42.7 Å². The molecule has 2 aromatic rings. The summed E-state index contributed by atoms with van der Waals surface area (Å²) in [5, 5.41) is 0. The molecule has 0 unspecified atom stereocenters. The second-order valence-electron chi connectivity index (χ2n) is 4.27. The second-order valence-corrected chi connectivity index (χ2v) is 6.11. The summed E-state index contributed by atoms with van der Waals surface area (Å²) in [5.74, 6) is 0. The highest BCUT2D eigenvalue weighted by Crippen LogP contribution is 2.15. The molecule has 0 saturated carbocycles. The van der Waals surface area contributed by atoms with Gasteiger partial charge in [0.2, 0.25) is 0 Å². The van der Waals surface area contributed by atoms with Gasteiger partial charge in [0.25, 0.3) is 10.0 Å². The topological polar surface area (TPSA) is 39.1 Å². The highest BCUT2D eigenvalue weighted by molar-refractivity contribution is 7.90. The summed E-state index contributed by atoms with van der Waals surface area (Å²) in [5.41, 5.74) is 1.18. The number of nitrogens with zero attached hydrogens (tertiary/aromatic N) is 1. The van der Waals surface area contributed by atoms with Crippen molar-refractivity contribution in [1.82, 2.24) is 3.97 Å². The van der Waals surface area contributed by atoms with Gasteiger partial charge in [0, 0.05) is 12.4 Å². The van der Waals surface area contributed by atoms with Gasteiger partial charge in [0.15, 0.2) is 0 Å². The molecule has 1 aromatic carbocycles. The van der Waals surface area contributed by atoms with E-state index in [4.69, 9.17) is 0 Å². The van der Waals surface area contributed by atoms with Crippen LogP contribution in [0.4, 0.5) is 0 Å². The van der Waals surface area contributed by atoms with Crippen LogP contribution in [0.25, 0.3) is 0 Å². The average Bonchev–Trinajstić information content (AvgIpc) is 2.91. The number of hydrogen-bond donors (Lipinski definition) is 0. The van der Waals surface area contributed by atoms with Gasteiger partial charge in [0.1, 0.15) is 0 Å². The molecule has 0 atom stereocenters. The molecule has 0 N–H and O–H groups in total. The van der Waals surface area contributed by atoms with Crippen LogP contribution < -0.4 is 0 Å². The first kappa shape index (κ1) is 12.9. The van der Waals surface area contributed by atoms with Gasteiger partial charge in [0.05, 0.1) is 4.90 Å². The van der Waals surface area contributed by atoms with E-state index in [1.165, 1.54) is 9.54 Å². The van der Waals surface area contributed by atoms with E-state index >= 15 is 0 Å². The fraction of sp³-hybridized carbons (Fsp3) is 0.286. The minimum Gasteiger partial charge on any atom is -0.249 e. The summed E-state index contributed by atoms with van der Waals surface area (Å²) in [6, 6.07) is 10.6. The molecule has 0 spiro atoms. The lowest BCUT2D eigenvalue weighted by molar-refractivity contribution is 0.587. The number of rotatable bonds is 5. The van der Waals surface area contributed by atoms with Crippen molar-refractivity contribution in [3.05, 3.63) is 54.4 Å². The quantitative estimate of drug-likeness (QED) is 0.831. The van der Waals surface area contributed by atoms with Gasteiger partial charge >= 0.3 is 0 Å². The number of aromatic nitrogens is 1. The third-order valence-corrected chi connectivity index (χ3v) is 4.56. The molecule has 0 aliphatic heterocycles. The lowest BCUT2D eigenvalue weighted by Gasteiger charge is -2.06. The lowest BCUT2D eigenvalue weighted by Crippen LogP contribution is -2.10. The number of aryl methyl sites for hydroxylation is 1. The Balaban J connectivity index is 2.25. The van der Waals surface area contributed by atoms with Crippen LogP contribution in [-0.2, 0) is 16.4 Å². The smallest absolute Gasteiger partial charge is 0.249 e. The second kappa shape index (κ2) is 5.40. The van der Waals surface area contributed by atoms with Gasteiger partial charge in [-0.2, -0.15) is 0 Å². The Hall–Kier alpha value is -1.55. The molecule has 2 rings (SSSR count). The Kier molecular flexibility index (Phi) is 3.87. The highest BCUT2D eigenvalue weighted by Gasteiger charge is 2.14. The van der Waals surface area contributed by atoms with Crippen LogP contribution >= 0.6 is 0 Å². The zero-order valence-electron chi connectivity index (χ0n) is 10.4. The molecule has 0 saturated heterocycles. The molecule has 4 heteroatoms. The van der Waals surface area contributed by atoms with Crippen molar-refractivity contribution in [2.75, 3.05) is 0 Å². The Morgan fingerprint density at radius 3 is 2.22 bits per heavy atom. The van der Waals surface area contributed by atoms with E-state index in [1.807, 2.05) is 12.1 Å². The SMILES string of the molecule is CCCCc1ccc(S(=O)(=O)n2cccc2)cc1. The van der Waals surface area contributed by atoms with Crippen molar-refractivity contribution in [1.29, 1.82) is 0 Å². The predicted molar refractivity (Wildman–Crippen MR) is 72.1 cm³/mol. The van der Waals surface area contributed by atoms with E-state index in [-0.39, 0.29) is 0 Å². The third-order valence-electron chi connectivity index (χ3n) is 2.89. The van der Waals surface area contributed by atoms with Gasteiger partial charge in [-0.3, -0.25) is 0 Å². The first-order valence-corrected chi connectivity index (χ1v) is 7.56. The average molecular weight is 263 g/mol. The lowest BCUT2D eigenvalue weighted by atomic mass is 10.1. The Bertz CT molecular complexity index is 583. The largest absolute Gasteiger partial charge is 0.267 e. The fourth-order valence-electron chi connectivity index (χ4n) is 1.81. The van der Waals surface area contributed by atoms with E-state index < -0.39 is 10.0 Å². The first-order valence-electron chi connectivity index (χ1n) is 6.12. The summed E-state index contributed by atoms with van der Waals surface area (Å²) in [7, 11) is -3.42. The summed E-state index contributed by atoms with van der Waals surface area (Å²) in [4.78, 5) is 0.332. The van der Waals surface area contributed by atoms with Crippen LogP contribution in [0.5, 0.6) is 0 Å². The summed E-state index contributed by atoms with van der Waals surface area (Å²) < 4.78 is 25.6. The number of unbranched alkanes of at least 4 members (excludes halogenated alkanes) is 1. The Morgan fingerprint density at radius 2 is 1.67 bits per heavy atom. The van der Waals surface area contributed by atoms with Gasteiger partial charge in [-0.25, -0.2) is 12.4 Å². The maximum Gasteiger partial charge on any atom is 0.267 e. The van der Waals surface area contributed by atoms with Crippen molar-refractivity contribution >= 4 is 10.0 Å². The van der Waals surface area contributed by atoms with Crippen LogP contribution in [0.15, 0.2) is 53.7 Å². The number of benzene rings is 1. The monoisotopic (exact) mass is 263 g/mol. The molecule has 0 radical (unpaired) electrons. The molecule has 0 aliphatic rings. The molecule has 96 valence electrons. The number of hydrogen-bond acceptors (Lipinski definition) is 2. The summed E-state index contributed by atoms with van der Waals surface area (Å²) in [6.07, 6.45) is 6.36. The van der Waals surface area contributed by atoms with Crippen molar-refractivity contribution in [3.8, 4) is 0 Å². The Labute approximate surface area is 108 Å². The zero-order chi connectivity index (χ0) is 13.0. The highest BCUT2D eigenvalue weighted by atomic mass is 32.2. The zero-order valence-corrected chi connectivity index (χ0v) is 11.2. The fourth-order valence-corrected chi connectivity index (χ4v) is 2.99. The van der Waals surface area contributed by atoms with Crippen LogP contribution in [0, 0.1) is 0 Å². The molecular formula is C14H17NO2S. The van der Waals surface area contributed by atoms with Gasteiger partial charge < -0.3 is 0 Å². The van der Waals surface area contributed by atoms with E-state index in [2.05, 4.69) is 6.92 Å². The molecule has 1 heterocycles. The summed E-state index contributed by atoms with van der Waals surface area (Å²) >= 11 is 0. The van der Waals surface area contributed by atoms with E-state index in [0.29, 0.717) is 4.90 Å². The summed E-state index contributed by atoms with van der Waals surface area (Å²) in [6.45, 7) is 2.14. The molecule has 1 aromatic heterocycles. The molecule has 3 nitrogen and oxygen atoms in total. The predicted octanol–water partition coefficient (Wildman–Crippen LogP) is 3.07. The normalized spacial score (nSPS) is 11.6. The van der Waals surface area contributed by atoms with Crippen LogP contribution in [0.1, 0.15) is 25.3 Å². The van der Waals surface area contributed by atoms with Gasteiger partial charge in [-0.1, -0.05) is 25.5 Å². The molecule has 18 heavy (non-hydrogen) atoms. The van der Waals surface area contributed by atoms with Gasteiger partial charge in [-0.15, -0.1) is 0 Å². The minimum atomic E-state index is -3.42. The maximum absolute atomic E-state index is 12.2. The standard InChI is InChI=1S/C14H17NO2S/c1-2-3-6-13-7-9-14(10-8-13)18(16,17)15-11-4-5-12-15/h4-5,7-12H,2-3,6H2,1H3. The molecule has 0 amide bonds. The van der Waals surface area contributed by atoms with Crippen molar-refractivity contribution in [3.63, 3.8) is 0 Å². The van der Waals surface area contributed by atoms with E-state index in [0.717, 1.165) is 19.3 Å². The van der Waals surface area contributed by atoms with Crippen LogP contribution in [0.3, 0.4) is 0 Å². The van der Waals surface area contributed by atoms with E-state index in [1.54, 1.807) is 36.7 Å². The Morgan fingerprint density at radius 1 is 1.06 bits per heavy atom. The first-order chi connectivity index (χ1) is 8.64. The van der Waals surface area contributed by atoms with Crippen molar-refractivity contribution in [2.45, 2.75) is 31.1 Å². The van der Waals surface area contributed by atoms with Crippen molar-refractivity contribution in [2.24, 2.45) is 0 Å². The van der Waals surface area contributed by atoms with Crippen LogP contribution in [0.2, 0.25) is 0 Å². The molecule has 0 bridgehead atoms. The maximum atomic E-state index is 12.2. The molecule has 0 aliphatic carbocycles. The third kappa shape index (κ3) is 2.64.